The first kappa shape index (κ1) is 50.3. The van der Waals surface area contributed by atoms with Crippen LogP contribution in [-0.4, -0.2) is 35.9 Å². The number of carbonyl (C=O) groups excluding carboxylic acids is 4. The number of rotatable bonds is 14. The molecule has 8 nitrogen and oxygen atoms in total. The highest BCUT2D eigenvalue weighted by atomic mass is 32.2. The van der Waals surface area contributed by atoms with Crippen LogP contribution in [0.1, 0.15) is 81.8 Å². The first-order valence-corrected chi connectivity index (χ1v) is 26.8. The summed E-state index contributed by atoms with van der Waals surface area (Å²) in [6.45, 7) is 17.8. The predicted octanol–water partition coefficient (Wildman–Crippen LogP) is 11.7. The van der Waals surface area contributed by atoms with Gasteiger partial charge in [-0.25, -0.2) is 0 Å². The molecule has 0 fully saturated rings. The standard InChI is InChI=1S/C53H54N2O6P2S3/c1-33-31-35(3)45(37(5)43(33)47(56)62(60,39-23-15-11-16-24-39)40-25-17-12-18-26-40)54-49(58)52(7,8)65-51(64)66-53(9,10)50(59)55-46-36(4)32-34(2)44(38(46)6)48(57)63(61,41-27-19-13-20-28-41)42-29-21-14-22-30-42/h11-32H,1-10H3,(H,54,58)(H,55,59). The van der Waals surface area contributed by atoms with E-state index in [2.05, 4.69) is 10.6 Å². The zero-order chi connectivity index (χ0) is 48.4. The summed E-state index contributed by atoms with van der Waals surface area (Å²) < 4.78 is 28.3. The molecule has 0 bridgehead atoms. The monoisotopic (exact) mass is 972 g/mol. The highest BCUT2D eigenvalue weighted by molar-refractivity contribution is 8.48. The Balaban J connectivity index is 1.21. The number of hydrogen-bond acceptors (Lipinski definition) is 9. The largest absolute Gasteiger partial charge is 0.324 e. The number of benzene rings is 6. The molecule has 0 unspecified atom stereocenters. The topological polar surface area (TPSA) is 126 Å². The molecule has 66 heavy (non-hydrogen) atoms. The molecule has 6 aromatic rings. The second kappa shape index (κ2) is 20.0. The van der Waals surface area contributed by atoms with E-state index in [1.807, 2.05) is 64.1 Å². The maximum atomic E-state index is 15.1. The summed E-state index contributed by atoms with van der Waals surface area (Å²) in [5, 5.41) is 7.81. The van der Waals surface area contributed by atoms with Gasteiger partial charge in [-0.2, -0.15) is 0 Å². The number of thioether (sulfide) groups is 2. The van der Waals surface area contributed by atoms with Crippen molar-refractivity contribution >= 4 is 109 Å². The van der Waals surface area contributed by atoms with E-state index in [1.165, 1.54) is 0 Å². The molecule has 0 saturated heterocycles. The van der Waals surface area contributed by atoms with Crippen molar-refractivity contribution in [2.24, 2.45) is 0 Å². The number of carbonyl (C=O) groups is 4. The number of aryl methyl sites for hydroxylation is 4. The summed E-state index contributed by atoms with van der Waals surface area (Å²) in [5.41, 5.74) is 4.18. The third-order valence-corrected chi connectivity index (χ3v) is 20.1. The molecule has 2 N–H and O–H groups in total. The van der Waals surface area contributed by atoms with Gasteiger partial charge in [0.25, 0.3) is 0 Å². The van der Waals surface area contributed by atoms with Gasteiger partial charge in [0.1, 0.15) is 3.53 Å². The fourth-order valence-corrected chi connectivity index (χ4v) is 17.1. The minimum absolute atomic E-state index is 0.285. The third kappa shape index (κ3) is 9.93. The lowest BCUT2D eigenvalue weighted by atomic mass is 9.97. The number of nitrogens with one attached hydrogen (secondary N) is 2. The average molecular weight is 973 g/mol. The van der Waals surface area contributed by atoms with Gasteiger partial charge in [-0.15, -0.1) is 0 Å². The van der Waals surface area contributed by atoms with Gasteiger partial charge >= 0.3 is 0 Å². The van der Waals surface area contributed by atoms with Crippen molar-refractivity contribution in [2.75, 3.05) is 10.6 Å². The van der Waals surface area contributed by atoms with Crippen LogP contribution in [-0.2, 0) is 18.7 Å². The Morgan fingerprint density at radius 3 is 0.970 bits per heavy atom. The van der Waals surface area contributed by atoms with Gasteiger partial charge in [-0.05, 0) is 103 Å². The van der Waals surface area contributed by atoms with Crippen LogP contribution in [0.15, 0.2) is 133 Å². The number of anilines is 2. The molecule has 6 aromatic carbocycles. The van der Waals surface area contributed by atoms with E-state index >= 15 is 9.13 Å². The van der Waals surface area contributed by atoms with E-state index in [0.29, 0.717) is 58.4 Å². The van der Waals surface area contributed by atoms with E-state index in [-0.39, 0.29) is 22.9 Å². The van der Waals surface area contributed by atoms with Crippen molar-refractivity contribution < 1.29 is 28.3 Å². The van der Waals surface area contributed by atoms with E-state index in [4.69, 9.17) is 12.2 Å². The highest BCUT2D eigenvalue weighted by Crippen LogP contribution is 2.50. The zero-order valence-corrected chi connectivity index (χ0v) is 43.0. The SMILES string of the molecule is Cc1cc(C)c(C(=O)P(=O)(c2ccccc2)c2ccccc2)c(C)c1NC(=O)C(C)(C)SC(=S)SC(C)(C)C(=O)Nc1c(C)cc(C)c(C(=O)P(=O)(c2ccccc2)c2ccccc2)c1C. The summed E-state index contributed by atoms with van der Waals surface area (Å²) in [5.74, 6) is -0.765. The van der Waals surface area contributed by atoms with Crippen molar-refractivity contribution in [3.8, 4) is 0 Å². The van der Waals surface area contributed by atoms with Crippen LogP contribution in [0.25, 0.3) is 0 Å². The molecule has 0 spiro atoms. The first-order valence-electron chi connectivity index (χ1n) is 21.3. The molecule has 0 radical (unpaired) electrons. The molecule has 0 atom stereocenters. The lowest BCUT2D eigenvalue weighted by Crippen LogP contribution is -2.38. The molecular formula is C53H54N2O6P2S3. The van der Waals surface area contributed by atoms with Gasteiger partial charge in [-0.1, -0.05) is 169 Å². The summed E-state index contributed by atoms with van der Waals surface area (Å²) in [6.07, 6.45) is 0. The Morgan fingerprint density at radius 1 is 0.455 bits per heavy atom. The molecule has 340 valence electrons. The lowest BCUT2D eigenvalue weighted by Gasteiger charge is -2.29. The van der Waals surface area contributed by atoms with Crippen molar-refractivity contribution in [3.63, 3.8) is 0 Å². The number of amides is 2. The minimum atomic E-state index is -3.84. The minimum Gasteiger partial charge on any atom is -0.324 e. The summed E-state index contributed by atoms with van der Waals surface area (Å²) >= 11 is 8.11. The van der Waals surface area contributed by atoms with Gasteiger partial charge < -0.3 is 19.8 Å². The highest BCUT2D eigenvalue weighted by Gasteiger charge is 2.41. The number of hydrogen-bond donors (Lipinski definition) is 2. The molecule has 0 saturated carbocycles. The fraction of sp³-hybridized carbons (Fsp3) is 0.226. The van der Waals surface area contributed by atoms with Crippen molar-refractivity contribution in [3.05, 3.63) is 178 Å². The molecular weight excluding hydrogens is 919 g/mol. The third-order valence-electron chi connectivity index (χ3n) is 11.7. The van der Waals surface area contributed by atoms with Crippen LogP contribution >= 0.6 is 50.0 Å². The average Bonchev–Trinajstić information content (AvgIpc) is 3.28. The molecule has 0 aliphatic rings. The summed E-state index contributed by atoms with van der Waals surface area (Å²) in [4.78, 5) is 57.8. The Bertz CT molecular complexity index is 2690. The van der Waals surface area contributed by atoms with E-state index in [1.54, 1.807) is 139 Å². The Morgan fingerprint density at radius 2 is 0.712 bits per heavy atom. The Labute approximate surface area is 402 Å². The molecule has 13 heteroatoms. The van der Waals surface area contributed by atoms with Crippen LogP contribution in [0.3, 0.4) is 0 Å². The van der Waals surface area contributed by atoms with E-state index in [9.17, 15) is 19.2 Å². The summed E-state index contributed by atoms with van der Waals surface area (Å²) in [6, 6.07) is 38.7. The van der Waals surface area contributed by atoms with Gasteiger partial charge in [0, 0.05) is 43.7 Å². The second-order valence-electron chi connectivity index (χ2n) is 17.3. The predicted molar refractivity (Wildman–Crippen MR) is 283 cm³/mol. The second-order valence-corrected chi connectivity index (χ2v) is 27.1. The molecule has 6 rings (SSSR count). The van der Waals surface area contributed by atoms with Gasteiger partial charge in [-0.3, -0.25) is 19.2 Å². The van der Waals surface area contributed by atoms with Gasteiger partial charge in [0.2, 0.25) is 37.1 Å². The van der Waals surface area contributed by atoms with E-state index < -0.39 is 34.8 Å². The van der Waals surface area contributed by atoms with Crippen LogP contribution in [0, 0.1) is 41.5 Å². The van der Waals surface area contributed by atoms with Gasteiger partial charge in [0.05, 0.1) is 9.49 Å². The van der Waals surface area contributed by atoms with Crippen LogP contribution in [0.5, 0.6) is 0 Å². The van der Waals surface area contributed by atoms with Crippen molar-refractivity contribution in [1.82, 2.24) is 0 Å². The molecule has 0 aromatic heterocycles. The van der Waals surface area contributed by atoms with Gasteiger partial charge in [0.15, 0.2) is 0 Å². The molecule has 0 aliphatic carbocycles. The molecule has 0 aliphatic heterocycles. The fourth-order valence-electron chi connectivity index (χ4n) is 8.11. The number of thiocarbonyl (C=S) groups is 1. The van der Waals surface area contributed by atoms with Crippen molar-refractivity contribution in [1.29, 1.82) is 0 Å². The molecule has 2 amide bonds. The van der Waals surface area contributed by atoms with E-state index in [0.717, 1.165) is 34.7 Å². The maximum absolute atomic E-state index is 15.1. The lowest BCUT2D eigenvalue weighted by molar-refractivity contribution is -0.118. The maximum Gasteiger partial charge on any atom is 0.240 e. The van der Waals surface area contributed by atoms with Crippen LogP contribution in [0.4, 0.5) is 11.4 Å². The normalized spacial score (nSPS) is 12.0. The summed E-state index contributed by atoms with van der Waals surface area (Å²) in [7, 11) is -7.68. The van der Waals surface area contributed by atoms with Crippen LogP contribution in [0.2, 0.25) is 0 Å². The smallest absolute Gasteiger partial charge is 0.240 e. The molecule has 0 heterocycles. The van der Waals surface area contributed by atoms with Crippen molar-refractivity contribution in [2.45, 2.75) is 78.7 Å². The van der Waals surface area contributed by atoms with Crippen LogP contribution < -0.4 is 31.9 Å². The Kier molecular flexibility index (Phi) is 15.2. The quantitative estimate of drug-likeness (QED) is 0.0810. The first-order chi connectivity index (χ1) is 31.0. The zero-order valence-electron chi connectivity index (χ0n) is 38.8. The Hall–Kier alpha value is -5.15.